The molecule has 1 aliphatic heterocycles. The Morgan fingerprint density at radius 3 is 1.06 bits per heavy atom. The molecule has 0 fully saturated rings. The molecule has 5 heteroatoms. The maximum atomic E-state index is 6.91. The van der Waals surface area contributed by atoms with E-state index in [-0.39, 0.29) is 5.41 Å². The topological polar surface area (TPSA) is 9.72 Å². The van der Waals surface area contributed by atoms with Crippen molar-refractivity contribution in [1.29, 1.82) is 0 Å². The Morgan fingerprint density at radius 1 is 0.339 bits per heavy atom. The first kappa shape index (κ1) is 39.1. The van der Waals surface area contributed by atoms with E-state index >= 15 is 0 Å². The van der Waals surface area contributed by atoms with Crippen molar-refractivity contribution in [3.05, 3.63) is 246 Å². The van der Waals surface area contributed by atoms with Gasteiger partial charge in [0.05, 0.1) is 28.4 Å². The highest BCUT2D eigenvalue weighted by atomic mass is 35.5. The Hall–Kier alpha value is -7.04. The van der Waals surface area contributed by atoms with Crippen LogP contribution >= 0.6 is 23.2 Å². The monoisotopic (exact) mass is 839 g/mol. The molecular formula is C57H43Cl2N3. The number of benzene rings is 9. The summed E-state index contributed by atoms with van der Waals surface area (Å²) >= 11 is 13.8. The maximum absolute atomic E-state index is 6.91. The van der Waals surface area contributed by atoms with Gasteiger partial charge in [0.25, 0.3) is 0 Å². The summed E-state index contributed by atoms with van der Waals surface area (Å²) in [5, 5.41) is 1.33. The van der Waals surface area contributed by atoms with Crippen LogP contribution in [0, 0.1) is 0 Å². The van der Waals surface area contributed by atoms with E-state index in [2.05, 4.69) is 241 Å². The van der Waals surface area contributed by atoms with E-state index in [0.717, 1.165) is 62.3 Å². The Labute approximate surface area is 374 Å². The lowest BCUT2D eigenvalue weighted by Gasteiger charge is -2.42. The minimum Gasteiger partial charge on any atom is -0.310 e. The standard InChI is InChI=1S/C57H43Cl2N3/c1-57(2)53-33-27-44(58)35-55(53)62(56-36-45(59)28-34-54(56)57)52-38-50(60(46-19-11-5-12-20-46)48-29-23-42(24-30-48)40-15-7-3-8-16-40)37-51(39-52)61(47-21-13-6-14-22-47)49-31-25-43(26-32-49)41-17-9-4-10-18-41/h3-39H,1-2H3. The highest BCUT2D eigenvalue weighted by molar-refractivity contribution is 6.31. The second kappa shape index (κ2) is 16.4. The number of nitrogens with zero attached hydrogens (tertiary/aromatic N) is 3. The average molecular weight is 841 g/mol. The van der Waals surface area contributed by atoms with Gasteiger partial charge in [-0.05, 0) is 124 Å². The Balaban J connectivity index is 1.24. The first-order chi connectivity index (χ1) is 30.3. The molecule has 0 bridgehead atoms. The van der Waals surface area contributed by atoms with Crippen LogP contribution in [0.3, 0.4) is 0 Å². The van der Waals surface area contributed by atoms with Crippen molar-refractivity contribution in [2.24, 2.45) is 0 Å². The molecule has 0 atom stereocenters. The van der Waals surface area contributed by atoms with Crippen LogP contribution < -0.4 is 14.7 Å². The van der Waals surface area contributed by atoms with Gasteiger partial charge in [-0.2, -0.15) is 0 Å². The fraction of sp³-hybridized carbons (Fsp3) is 0.0526. The Bertz CT molecular complexity index is 2790. The molecule has 0 saturated carbocycles. The number of fused-ring (bicyclic) bond motifs is 2. The van der Waals surface area contributed by atoms with Gasteiger partial charge in [-0.25, -0.2) is 0 Å². The molecule has 3 nitrogen and oxygen atoms in total. The zero-order chi connectivity index (χ0) is 42.2. The van der Waals surface area contributed by atoms with Crippen LogP contribution in [-0.4, -0.2) is 0 Å². The largest absolute Gasteiger partial charge is 0.310 e. The van der Waals surface area contributed by atoms with Crippen LogP contribution in [0.4, 0.5) is 51.2 Å². The quantitative estimate of drug-likeness (QED) is 0.143. The zero-order valence-corrected chi connectivity index (χ0v) is 36.0. The first-order valence-corrected chi connectivity index (χ1v) is 21.6. The predicted molar refractivity (Wildman–Crippen MR) is 264 cm³/mol. The lowest BCUT2D eigenvalue weighted by atomic mass is 9.73. The third-order valence-corrected chi connectivity index (χ3v) is 12.4. The van der Waals surface area contributed by atoms with E-state index in [0.29, 0.717) is 10.0 Å². The van der Waals surface area contributed by atoms with Gasteiger partial charge in [0.15, 0.2) is 0 Å². The summed E-state index contributed by atoms with van der Waals surface area (Å²) in [6.45, 7) is 4.55. The van der Waals surface area contributed by atoms with Gasteiger partial charge in [0.1, 0.15) is 0 Å². The highest BCUT2D eigenvalue weighted by Crippen LogP contribution is 2.55. The molecule has 10 rings (SSSR count). The SMILES string of the molecule is CC1(C)c2ccc(Cl)cc2N(c2cc(N(c3ccccc3)c3ccc(-c4ccccc4)cc3)cc(N(c3ccccc3)c3ccc(-c4ccccc4)cc3)c2)c2cc(Cl)ccc21. The third kappa shape index (κ3) is 7.40. The van der Waals surface area contributed by atoms with E-state index in [1.54, 1.807) is 0 Å². The Kier molecular flexibility index (Phi) is 10.4. The summed E-state index contributed by atoms with van der Waals surface area (Å²) in [7, 11) is 0. The first-order valence-electron chi connectivity index (χ1n) is 20.9. The van der Waals surface area contributed by atoms with E-state index in [4.69, 9.17) is 23.2 Å². The summed E-state index contributed by atoms with van der Waals surface area (Å²) in [5.74, 6) is 0. The predicted octanol–water partition coefficient (Wildman–Crippen LogP) is 17.4. The molecule has 0 aliphatic carbocycles. The van der Waals surface area contributed by atoms with Gasteiger partial charge in [-0.3, -0.25) is 0 Å². The van der Waals surface area contributed by atoms with Gasteiger partial charge in [-0.1, -0.05) is 171 Å². The summed E-state index contributed by atoms with van der Waals surface area (Å²) < 4.78 is 0. The van der Waals surface area contributed by atoms with Gasteiger partial charge in [0, 0.05) is 38.2 Å². The Morgan fingerprint density at radius 2 is 0.677 bits per heavy atom. The van der Waals surface area contributed by atoms with Crippen LogP contribution in [0.1, 0.15) is 25.0 Å². The lowest BCUT2D eigenvalue weighted by molar-refractivity contribution is 0.632. The van der Waals surface area contributed by atoms with Crippen molar-refractivity contribution in [3.8, 4) is 22.3 Å². The molecular weight excluding hydrogens is 798 g/mol. The van der Waals surface area contributed by atoms with Crippen molar-refractivity contribution >= 4 is 74.4 Å². The van der Waals surface area contributed by atoms with Crippen LogP contribution in [0.15, 0.2) is 224 Å². The number of halogens is 2. The van der Waals surface area contributed by atoms with Crippen molar-refractivity contribution in [1.82, 2.24) is 0 Å². The molecule has 0 N–H and O–H groups in total. The third-order valence-electron chi connectivity index (χ3n) is 11.9. The van der Waals surface area contributed by atoms with Gasteiger partial charge in [-0.15, -0.1) is 0 Å². The molecule has 62 heavy (non-hydrogen) atoms. The number of para-hydroxylation sites is 2. The van der Waals surface area contributed by atoms with E-state index < -0.39 is 0 Å². The minimum absolute atomic E-state index is 0.316. The van der Waals surface area contributed by atoms with Crippen LogP contribution in [-0.2, 0) is 5.41 Å². The molecule has 9 aromatic rings. The van der Waals surface area contributed by atoms with Crippen molar-refractivity contribution < 1.29 is 0 Å². The molecule has 0 amide bonds. The fourth-order valence-corrected chi connectivity index (χ4v) is 9.20. The molecule has 0 unspecified atom stereocenters. The van der Waals surface area contributed by atoms with Crippen LogP contribution in [0.5, 0.6) is 0 Å². The molecule has 9 aromatic carbocycles. The fourth-order valence-electron chi connectivity index (χ4n) is 8.87. The summed E-state index contributed by atoms with van der Waals surface area (Å²) in [6.07, 6.45) is 0. The van der Waals surface area contributed by atoms with Crippen molar-refractivity contribution in [3.63, 3.8) is 0 Å². The zero-order valence-electron chi connectivity index (χ0n) is 34.5. The van der Waals surface area contributed by atoms with Gasteiger partial charge in [0.2, 0.25) is 0 Å². The highest BCUT2D eigenvalue weighted by Gasteiger charge is 2.38. The van der Waals surface area contributed by atoms with Crippen molar-refractivity contribution in [2.45, 2.75) is 19.3 Å². The number of hydrogen-bond acceptors (Lipinski definition) is 3. The summed E-state index contributed by atoms with van der Waals surface area (Å²) in [5.41, 5.74) is 15.8. The second-order valence-corrected chi connectivity index (χ2v) is 17.0. The molecule has 1 aliphatic rings. The normalized spacial score (nSPS) is 12.6. The minimum atomic E-state index is -0.316. The molecule has 1 heterocycles. The average Bonchev–Trinajstić information content (AvgIpc) is 3.31. The van der Waals surface area contributed by atoms with E-state index in [9.17, 15) is 0 Å². The molecule has 0 saturated heterocycles. The van der Waals surface area contributed by atoms with Crippen molar-refractivity contribution in [2.75, 3.05) is 14.7 Å². The maximum Gasteiger partial charge on any atom is 0.0517 e. The molecule has 0 aromatic heterocycles. The molecule has 300 valence electrons. The molecule has 0 radical (unpaired) electrons. The second-order valence-electron chi connectivity index (χ2n) is 16.2. The number of hydrogen-bond donors (Lipinski definition) is 0. The number of rotatable bonds is 9. The van der Waals surface area contributed by atoms with Crippen LogP contribution in [0.25, 0.3) is 22.3 Å². The van der Waals surface area contributed by atoms with E-state index in [1.165, 1.54) is 22.3 Å². The van der Waals surface area contributed by atoms with Gasteiger partial charge < -0.3 is 14.7 Å². The van der Waals surface area contributed by atoms with Crippen LogP contribution in [0.2, 0.25) is 10.0 Å². The summed E-state index contributed by atoms with van der Waals surface area (Å²) in [4.78, 5) is 7.02. The number of anilines is 9. The van der Waals surface area contributed by atoms with E-state index in [1.807, 2.05) is 12.1 Å². The smallest absolute Gasteiger partial charge is 0.0517 e. The molecule has 0 spiro atoms. The lowest BCUT2D eigenvalue weighted by Crippen LogP contribution is -2.30. The van der Waals surface area contributed by atoms with Gasteiger partial charge >= 0.3 is 0 Å². The summed E-state index contributed by atoms with van der Waals surface area (Å²) in [6, 6.07) is 79.3.